The summed E-state index contributed by atoms with van der Waals surface area (Å²) in [5, 5.41) is 5.30. The number of hydrogen-bond donors (Lipinski definition) is 2. The molecule has 1 fully saturated rings. The zero-order valence-corrected chi connectivity index (χ0v) is 15.3. The number of carbonyl (C=O) groups is 1. The minimum absolute atomic E-state index is 0.108. The van der Waals surface area contributed by atoms with Crippen molar-refractivity contribution in [3.05, 3.63) is 53.9 Å². The topological polar surface area (TPSA) is 66.5 Å². The zero-order valence-electron chi connectivity index (χ0n) is 15.3. The number of nitrogens with one attached hydrogen (secondary N) is 2. The molecule has 9 heteroatoms. The zero-order chi connectivity index (χ0) is 20.1. The van der Waals surface area contributed by atoms with Crippen molar-refractivity contribution in [1.29, 1.82) is 0 Å². The van der Waals surface area contributed by atoms with Crippen LogP contribution in [0, 0.1) is 0 Å². The summed E-state index contributed by atoms with van der Waals surface area (Å²) >= 11 is 0. The Bertz CT molecular complexity index is 809. The largest absolute Gasteiger partial charge is 0.416 e. The number of morpholine rings is 1. The van der Waals surface area contributed by atoms with E-state index in [1.807, 2.05) is 4.90 Å². The summed E-state index contributed by atoms with van der Waals surface area (Å²) < 4.78 is 44.7. The highest BCUT2D eigenvalue weighted by Gasteiger charge is 2.32. The van der Waals surface area contributed by atoms with Gasteiger partial charge in [-0.15, -0.1) is 0 Å². The van der Waals surface area contributed by atoms with E-state index in [1.165, 1.54) is 6.07 Å². The minimum Gasteiger partial charge on any atom is -0.378 e. The summed E-state index contributed by atoms with van der Waals surface area (Å²) in [6.07, 6.45) is -1.29. The molecule has 2 amide bonds. The van der Waals surface area contributed by atoms with E-state index >= 15 is 0 Å². The highest BCUT2D eigenvalue weighted by atomic mass is 19.4. The molecule has 0 aliphatic carbocycles. The van der Waals surface area contributed by atoms with Gasteiger partial charge in [-0.05, 0) is 42.8 Å². The fraction of sp³-hybridized carbons (Fsp3) is 0.368. The predicted octanol–water partition coefficient (Wildman–Crippen LogP) is 3.82. The van der Waals surface area contributed by atoms with E-state index in [0.29, 0.717) is 32.0 Å². The lowest BCUT2D eigenvalue weighted by Crippen LogP contribution is -2.37. The lowest BCUT2D eigenvalue weighted by Gasteiger charge is -2.31. The highest BCUT2D eigenvalue weighted by Crippen LogP contribution is 2.35. The molecule has 1 saturated heterocycles. The van der Waals surface area contributed by atoms with Crippen LogP contribution in [0.2, 0.25) is 0 Å². The molecule has 1 atom stereocenters. The second kappa shape index (κ2) is 8.47. The number of anilines is 2. The first kappa shape index (κ1) is 19.9. The van der Waals surface area contributed by atoms with Crippen LogP contribution in [0.25, 0.3) is 0 Å². The van der Waals surface area contributed by atoms with Gasteiger partial charge < -0.3 is 20.3 Å². The maximum Gasteiger partial charge on any atom is 0.416 e. The van der Waals surface area contributed by atoms with E-state index in [0.717, 1.165) is 17.7 Å². The summed E-state index contributed by atoms with van der Waals surface area (Å²) in [6.45, 7) is 3.81. The third-order valence-electron chi connectivity index (χ3n) is 4.48. The van der Waals surface area contributed by atoms with Crippen LogP contribution in [-0.4, -0.2) is 37.3 Å². The summed E-state index contributed by atoms with van der Waals surface area (Å²) in [7, 11) is 0. The van der Waals surface area contributed by atoms with Gasteiger partial charge in [-0.2, -0.15) is 13.2 Å². The summed E-state index contributed by atoms with van der Waals surface area (Å²) in [4.78, 5) is 18.2. The molecule has 6 nitrogen and oxygen atoms in total. The Morgan fingerprint density at radius 3 is 2.50 bits per heavy atom. The highest BCUT2D eigenvalue weighted by molar-refractivity contribution is 5.93. The number of urea groups is 1. The van der Waals surface area contributed by atoms with Crippen LogP contribution < -0.4 is 15.5 Å². The Kier molecular flexibility index (Phi) is 6.03. The average molecular weight is 394 g/mol. The van der Waals surface area contributed by atoms with Crippen molar-refractivity contribution in [2.45, 2.75) is 19.1 Å². The van der Waals surface area contributed by atoms with Gasteiger partial charge in [0.1, 0.15) is 0 Å². The molecule has 2 heterocycles. The average Bonchev–Trinajstić information content (AvgIpc) is 2.68. The molecule has 0 bridgehead atoms. The molecule has 1 aliphatic heterocycles. The van der Waals surface area contributed by atoms with Gasteiger partial charge in [-0.3, -0.25) is 4.98 Å². The van der Waals surface area contributed by atoms with E-state index in [4.69, 9.17) is 4.74 Å². The van der Waals surface area contributed by atoms with Crippen molar-refractivity contribution in [2.24, 2.45) is 0 Å². The SMILES string of the molecule is CC(NC(=O)Nc1cc(C(F)(F)F)ccc1N1CCOCC1)c1ccncc1. The number of pyridine rings is 1. The molecule has 1 aromatic carbocycles. The van der Waals surface area contributed by atoms with Gasteiger partial charge in [-0.1, -0.05) is 0 Å². The molecule has 1 aliphatic rings. The summed E-state index contributed by atoms with van der Waals surface area (Å²) in [5.41, 5.74) is 0.656. The number of halogens is 3. The first-order valence-corrected chi connectivity index (χ1v) is 8.86. The maximum atomic E-state index is 13.1. The van der Waals surface area contributed by atoms with Crippen LogP contribution >= 0.6 is 0 Å². The second-order valence-electron chi connectivity index (χ2n) is 6.43. The van der Waals surface area contributed by atoms with Crippen LogP contribution in [0.3, 0.4) is 0 Å². The van der Waals surface area contributed by atoms with Crippen molar-refractivity contribution in [3.8, 4) is 0 Å². The molecule has 2 aromatic rings. The third-order valence-corrected chi connectivity index (χ3v) is 4.48. The smallest absolute Gasteiger partial charge is 0.378 e. The number of hydrogen-bond acceptors (Lipinski definition) is 4. The van der Waals surface area contributed by atoms with Crippen molar-refractivity contribution in [3.63, 3.8) is 0 Å². The molecule has 28 heavy (non-hydrogen) atoms. The molecule has 0 saturated carbocycles. The van der Waals surface area contributed by atoms with Crippen molar-refractivity contribution in [1.82, 2.24) is 10.3 Å². The lowest BCUT2D eigenvalue weighted by atomic mass is 10.1. The van der Waals surface area contributed by atoms with Crippen LogP contribution in [0.15, 0.2) is 42.7 Å². The van der Waals surface area contributed by atoms with Gasteiger partial charge in [0.05, 0.1) is 36.2 Å². The molecule has 1 unspecified atom stereocenters. The predicted molar refractivity (Wildman–Crippen MR) is 99.3 cm³/mol. The van der Waals surface area contributed by atoms with Crippen molar-refractivity contribution >= 4 is 17.4 Å². The lowest BCUT2D eigenvalue weighted by molar-refractivity contribution is -0.137. The Morgan fingerprint density at radius 1 is 1.18 bits per heavy atom. The van der Waals surface area contributed by atoms with Crippen molar-refractivity contribution in [2.75, 3.05) is 36.5 Å². The fourth-order valence-corrected chi connectivity index (χ4v) is 2.98. The van der Waals surface area contributed by atoms with Gasteiger partial charge >= 0.3 is 12.2 Å². The van der Waals surface area contributed by atoms with Gasteiger partial charge in [0, 0.05) is 25.5 Å². The molecule has 1 aromatic heterocycles. The fourth-order valence-electron chi connectivity index (χ4n) is 2.98. The van der Waals surface area contributed by atoms with Gasteiger partial charge in [-0.25, -0.2) is 4.79 Å². The van der Waals surface area contributed by atoms with Crippen LogP contribution in [0.1, 0.15) is 24.1 Å². The standard InChI is InChI=1S/C19H21F3N4O2/c1-13(14-4-6-23-7-5-14)24-18(27)25-16-12-15(19(20,21)22)2-3-17(16)26-8-10-28-11-9-26/h2-7,12-13H,8-11H2,1H3,(H2,24,25,27). The second-order valence-corrected chi connectivity index (χ2v) is 6.43. The number of rotatable bonds is 4. The number of benzene rings is 1. The number of ether oxygens (including phenoxy) is 1. The maximum absolute atomic E-state index is 13.1. The Hall–Kier alpha value is -2.81. The van der Waals surface area contributed by atoms with E-state index in [-0.39, 0.29) is 11.7 Å². The van der Waals surface area contributed by atoms with Gasteiger partial charge in [0.15, 0.2) is 0 Å². The van der Waals surface area contributed by atoms with Crippen molar-refractivity contribution < 1.29 is 22.7 Å². The number of nitrogens with zero attached hydrogens (tertiary/aromatic N) is 2. The number of amides is 2. The first-order chi connectivity index (χ1) is 13.3. The summed E-state index contributed by atoms with van der Waals surface area (Å²) in [6, 6.07) is 5.96. The molecule has 3 rings (SSSR count). The molecule has 2 N–H and O–H groups in total. The number of carbonyl (C=O) groups excluding carboxylic acids is 1. The Morgan fingerprint density at radius 2 is 1.86 bits per heavy atom. The van der Waals surface area contributed by atoms with Crippen LogP contribution in [0.5, 0.6) is 0 Å². The van der Waals surface area contributed by atoms with Crippen LogP contribution in [0.4, 0.5) is 29.3 Å². The van der Waals surface area contributed by atoms with E-state index < -0.39 is 17.8 Å². The molecule has 0 radical (unpaired) electrons. The summed E-state index contributed by atoms with van der Waals surface area (Å²) in [5.74, 6) is 0. The molecular weight excluding hydrogens is 373 g/mol. The third kappa shape index (κ3) is 4.92. The molecule has 150 valence electrons. The molecular formula is C19H21F3N4O2. The van der Waals surface area contributed by atoms with Gasteiger partial charge in [0.2, 0.25) is 0 Å². The quantitative estimate of drug-likeness (QED) is 0.828. The first-order valence-electron chi connectivity index (χ1n) is 8.86. The number of alkyl halides is 3. The Balaban J connectivity index is 1.80. The van der Waals surface area contributed by atoms with E-state index in [1.54, 1.807) is 31.5 Å². The molecule has 0 spiro atoms. The minimum atomic E-state index is -4.50. The monoisotopic (exact) mass is 394 g/mol. The number of aromatic nitrogens is 1. The van der Waals surface area contributed by atoms with Crippen LogP contribution in [-0.2, 0) is 10.9 Å². The van der Waals surface area contributed by atoms with E-state index in [9.17, 15) is 18.0 Å². The van der Waals surface area contributed by atoms with E-state index in [2.05, 4.69) is 15.6 Å². The Labute approximate surface area is 160 Å². The normalized spacial score (nSPS) is 15.8. The van der Waals surface area contributed by atoms with Gasteiger partial charge in [0.25, 0.3) is 0 Å².